The molecule has 3 rings (SSSR count). The minimum Gasteiger partial charge on any atom is -0.472 e. The van der Waals surface area contributed by atoms with Crippen molar-refractivity contribution in [2.75, 3.05) is 11.9 Å². The van der Waals surface area contributed by atoms with E-state index >= 15 is 0 Å². The third kappa shape index (κ3) is 4.73. The number of aryl methyl sites for hydroxylation is 2. The Labute approximate surface area is 152 Å². The molecule has 0 saturated carbocycles. The Morgan fingerprint density at radius 3 is 2.76 bits per heavy atom. The van der Waals surface area contributed by atoms with E-state index in [0.29, 0.717) is 13.1 Å². The summed E-state index contributed by atoms with van der Waals surface area (Å²) in [6, 6.07) is 11.9. The Hall–Kier alpha value is -2.53. The highest BCUT2D eigenvalue weighted by molar-refractivity contribution is 7.09. The predicted octanol–water partition coefficient (Wildman–Crippen LogP) is 5.23. The molecular formula is C20H22N2O2S. The topological polar surface area (TPSA) is 45.5 Å². The second-order valence-corrected chi connectivity index (χ2v) is 7.14. The minimum atomic E-state index is -0.0963. The number of thiophene rings is 1. The van der Waals surface area contributed by atoms with Gasteiger partial charge in [0.1, 0.15) is 0 Å². The fourth-order valence-electron chi connectivity index (χ4n) is 2.58. The molecule has 2 aromatic heterocycles. The molecule has 0 bridgehead atoms. The number of benzene rings is 1. The number of carbonyl (C=O) groups is 1. The molecule has 1 N–H and O–H groups in total. The molecule has 0 saturated heterocycles. The molecule has 25 heavy (non-hydrogen) atoms. The third-order valence-corrected chi connectivity index (χ3v) is 5.14. The molecule has 0 unspecified atom stereocenters. The summed E-state index contributed by atoms with van der Waals surface area (Å²) >= 11 is 1.72. The number of furan rings is 1. The van der Waals surface area contributed by atoms with Crippen molar-refractivity contribution in [1.82, 2.24) is 4.90 Å². The highest BCUT2D eigenvalue weighted by Crippen LogP contribution is 2.17. The monoisotopic (exact) mass is 354 g/mol. The molecule has 3 aromatic rings. The summed E-state index contributed by atoms with van der Waals surface area (Å²) in [5.74, 6) is 0. The van der Waals surface area contributed by atoms with E-state index in [1.54, 1.807) is 23.9 Å². The van der Waals surface area contributed by atoms with Gasteiger partial charge in [-0.15, -0.1) is 11.3 Å². The molecule has 1 aromatic carbocycles. The summed E-state index contributed by atoms with van der Waals surface area (Å²) in [5, 5.41) is 5.07. The van der Waals surface area contributed by atoms with Crippen molar-refractivity contribution in [3.05, 3.63) is 75.9 Å². The van der Waals surface area contributed by atoms with E-state index in [-0.39, 0.29) is 6.03 Å². The SMILES string of the molecule is Cc1ccc(NC(=O)N(CCc2cccs2)Cc2ccoc2)cc1C. The number of carbonyl (C=O) groups excluding carboxylic acids is 1. The molecule has 5 heteroatoms. The number of amides is 2. The number of urea groups is 1. The predicted molar refractivity (Wildman–Crippen MR) is 102 cm³/mol. The zero-order valence-corrected chi connectivity index (χ0v) is 15.3. The lowest BCUT2D eigenvalue weighted by Crippen LogP contribution is -2.35. The highest BCUT2D eigenvalue weighted by atomic mass is 32.1. The quantitative estimate of drug-likeness (QED) is 0.658. The maximum atomic E-state index is 12.8. The fraction of sp³-hybridized carbons (Fsp3) is 0.250. The van der Waals surface area contributed by atoms with Crippen LogP contribution in [0.4, 0.5) is 10.5 Å². The molecule has 0 aliphatic heterocycles. The van der Waals surface area contributed by atoms with Crippen molar-refractivity contribution in [1.29, 1.82) is 0 Å². The summed E-state index contributed by atoms with van der Waals surface area (Å²) < 4.78 is 5.14. The van der Waals surface area contributed by atoms with Gasteiger partial charge < -0.3 is 14.6 Å². The number of hydrogen-bond donors (Lipinski definition) is 1. The van der Waals surface area contributed by atoms with Crippen molar-refractivity contribution in [3.63, 3.8) is 0 Å². The molecule has 0 spiro atoms. The van der Waals surface area contributed by atoms with E-state index in [2.05, 4.69) is 23.7 Å². The molecule has 0 atom stereocenters. The van der Waals surface area contributed by atoms with E-state index in [1.807, 2.05) is 42.2 Å². The summed E-state index contributed by atoms with van der Waals surface area (Å²) in [6.45, 7) is 5.29. The first-order chi connectivity index (χ1) is 12.1. The number of anilines is 1. The van der Waals surface area contributed by atoms with E-state index in [4.69, 9.17) is 4.42 Å². The first kappa shape index (κ1) is 17.3. The van der Waals surface area contributed by atoms with Gasteiger partial charge in [0, 0.05) is 22.7 Å². The van der Waals surface area contributed by atoms with Crippen LogP contribution in [-0.4, -0.2) is 17.5 Å². The number of hydrogen-bond acceptors (Lipinski definition) is 3. The first-order valence-corrected chi connectivity index (χ1v) is 9.16. The van der Waals surface area contributed by atoms with E-state index < -0.39 is 0 Å². The lowest BCUT2D eigenvalue weighted by molar-refractivity contribution is 0.210. The van der Waals surface area contributed by atoms with Gasteiger partial charge in [0.25, 0.3) is 0 Å². The number of nitrogens with one attached hydrogen (secondary N) is 1. The van der Waals surface area contributed by atoms with Gasteiger partial charge in [0.2, 0.25) is 0 Å². The smallest absolute Gasteiger partial charge is 0.322 e. The molecular weight excluding hydrogens is 332 g/mol. The second kappa shape index (κ2) is 8.03. The second-order valence-electron chi connectivity index (χ2n) is 6.11. The summed E-state index contributed by atoms with van der Waals surface area (Å²) in [4.78, 5) is 15.9. The molecule has 4 nitrogen and oxygen atoms in total. The molecule has 0 fully saturated rings. The van der Waals surface area contributed by atoms with Gasteiger partial charge in [0.15, 0.2) is 0 Å². The molecule has 2 amide bonds. The summed E-state index contributed by atoms with van der Waals surface area (Å²) in [6.07, 6.45) is 4.16. The normalized spacial score (nSPS) is 10.6. The lowest BCUT2D eigenvalue weighted by Gasteiger charge is -2.22. The molecule has 0 aliphatic rings. The van der Waals surface area contributed by atoms with Crippen LogP contribution in [0.15, 0.2) is 58.7 Å². The van der Waals surface area contributed by atoms with Gasteiger partial charge in [-0.25, -0.2) is 4.79 Å². The molecule has 130 valence electrons. The van der Waals surface area contributed by atoms with Crippen molar-refractivity contribution >= 4 is 23.1 Å². The van der Waals surface area contributed by atoms with Crippen LogP contribution in [0.5, 0.6) is 0 Å². The Kier molecular flexibility index (Phi) is 5.56. The molecule has 0 aliphatic carbocycles. The average Bonchev–Trinajstić information content (AvgIpc) is 3.28. The van der Waals surface area contributed by atoms with Gasteiger partial charge in [0.05, 0.1) is 19.1 Å². The van der Waals surface area contributed by atoms with E-state index in [0.717, 1.165) is 23.2 Å². The zero-order chi connectivity index (χ0) is 17.6. The number of nitrogens with zero attached hydrogens (tertiary/aromatic N) is 1. The number of rotatable bonds is 6. The van der Waals surface area contributed by atoms with Crippen LogP contribution in [0, 0.1) is 13.8 Å². The van der Waals surface area contributed by atoms with Crippen LogP contribution in [0.25, 0.3) is 0 Å². The molecule has 2 heterocycles. The Balaban J connectivity index is 1.69. The third-order valence-electron chi connectivity index (χ3n) is 4.21. The minimum absolute atomic E-state index is 0.0963. The van der Waals surface area contributed by atoms with Crippen molar-refractivity contribution in [2.24, 2.45) is 0 Å². The van der Waals surface area contributed by atoms with Gasteiger partial charge in [-0.2, -0.15) is 0 Å². The average molecular weight is 354 g/mol. The zero-order valence-electron chi connectivity index (χ0n) is 14.5. The summed E-state index contributed by atoms with van der Waals surface area (Å²) in [5.41, 5.74) is 4.19. The van der Waals surface area contributed by atoms with Gasteiger partial charge in [-0.3, -0.25) is 0 Å². The highest BCUT2D eigenvalue weighted by Gasteiger charge is 2.15. The van der Waals surface area contributed by atoms with Crippen LogP contribution >= 0.6 is 11.3 Å². The van der Waals surface area contributed by atoms with Crippen LogP contribution < -0.4 is 5.32 Å². The molecule has 0 radical (unpaired) electrons. The Bertz CT molecular complexity index is 810. The van der Waals surface area contributed by atoms with Gasteiger partial charge in [-0.1, -0.05) is 12.1 Å². The van der Waals surface area contributed by atoms with Crippen molar-refractivity contribution < 1.29 is 9.21 Å². The Morgan fingerprint density at radius 1 is 1.20 bits per heavy atom. The standard InChI is InChI=1S/C20H22N2O2S/c1-15-5-6-18(12-16(15)2)21-20(23)22(13-17-8-10-24-14-17)9-7-19-4-3-11-25-19/h3-6,8,10-12,14H,7,9,13H2,1-2H3,(H,21,23). The van der Waals surface area contributed by atoms with E-state index in [1.165, 1.54) is 10.4 Å². The lowest BCUT2D eigenvalue weighted by atomic mass is 10.1. The maximum Gasteiger partial charge on any atom is 0.322 e. The van der Waals surface area contributed by atoms with Crippen LogP contribution in [0.1, 0.15) is 21.6 Å². The largest absolute Gasteiger partial charge is 0.472 e. The van der Waals surface area contributed by atoms with Crippen LogP contribution in [0.2, 0.25) is 0 Å². The maximum absolute atomic E-state index is 12.8. The Morgan fingerprint density at radius 2 is 2.08 bits per heavy atom. The van der Waals surface area contributed by atoms with Gasteiger partial charge in [-0.05, 0) is 61.0 Å². The van der Waals surface area contributed by atoms with Crippen LogP contribution in [0.3, 0.4) is 0 Å². The summed E-state index contributed by atoms with van der Waals surface area (Å²) in [7, 11) is 0. The fourth-order valence-corrected chi connectivity index (χ4v) is 3.28. The van der Waals surface area contributed by atoms with Crippen molar-refractivity contribution in [2.45, 2.75) is 26.8 Å². The van der Waals surface area contributed by atoms with Crippen molar-refractivity contribution in [3.8, 4) is 0 Å². The first-order valence-electron chi connectivity index (χ1n) is 8.28. The van der Waals surface area contributed by atoms with Crippen LogP contribution in [-0.2, 0) is 13.0 Å². The van der Waals surface area contributed by atoms with E-state index in [9.17, 15) is 4.79 Å². The van der Waals surface area contributed by atoms with Gasteiger partial charge >= 0.3 is 6.03 Å².